The van der Waals surface area contributed by atoms with Gasteiger partial charge in [0.15, 0.2) is 5.82 Å². The van der Waals surface area contributed by atoms with Crippen LogP contribution in [0.1, 0.15) is 25.8 Å². The topological polar surface area (TPSA) is 82.9 Å². The lowest BCUT2D eigenvalue weighted by Gasteiger charge is -2.41. The van der Waals surface area contributed by atoms with E-state index in [9.17, 15) is 9.90 Å². The van der Waals surface area contributed by atoms with Crippen molar-refractivity contribution in [3.8, 4) is 0 Å². The first-order chi connectivity index (χ1) is 8.52. The van der Waals surface area contributed by atoms with Gasteiger partial charge >= 0.3 is 5.69 Å². The third kappa shape index (κ3) is 1.72. The minimum Gasteiger partial charge on any atom is -0.390 e. The number of aliphatic hydroxyl groups is 1. The van der Waals surface area contributed by atoms with Crippen LogP contribution in [0.25, 0.3) is 11.0 Å². The van der Waals surface area contributed by atoms with Gasteiger partial charge in [0.2, 0.25) is 0 Å². The summed E-state index contributed by atoms with van der Waals surface area (Å²) in [6.07, 6.45) is 2.88. The molecular formula is C11H13IN4O2. The van der Waals surface area contributed by atoms with Gasteiger partial charge in [0.1, 0.15) is 5.52 Å². The molecule has 0 bridgehead atoms. The van der Waals surface area contributed by atoms with Gasteiger partial charge in [-0.1, -0.05) is 0 Å². The first-order valence-corrected chi connectivity index (χ1v) is 6.78. The number of aromatic amines is 1. The van der Waals surface area contributed by atoms with Gasteiger partial charge in [-0.05, 0) is 25.8 Å². The van der Waals surface area contributed by atoms with Gasteiger partial charge in [0, 0.05) is 12.2 Å². The quantitative estimate of drug-likeness (QED) is 0.561. The molecule has 1 aliphatic carbocycles. The molecule has 3 rings (SSSR count). The summed E-state index contributed by atoms with van der Waals surface area (Å²) in [5.41, 5.74) is 0.745. The Morgan fingerprint density at radius 2 is 2.39 bits per heavy atom. The van der Waals surface area contributed by atoms with Crippen LogP contribution in [0.15, 0.2) is 17.1 Å². The molecule has 0 unspecified atom stereocenters. The highest BCUT2D eigenvalue weighted by Gasteiger charge is 2.40. The van der Waals surface area contributed by atoms with Crippen molar-refractivity contribution in [2.24, 2.45) is 0 Å². The molecule has 6 nitrogen and oxygen atoms in total. The summed E-state index contributed by atoms with van der Waals surface area (Å²) >= 11 is 1.98. The fourth-order valence-corrected chi connectivity index (χ4v) is 3.03. The molecule has 0 saturated heterocycles. The van der Waals surface area contributed by atoms with Gasteiger partial charge in [0.25, 0.3) is 0 Å². The van der Waals surface area contributed by atoms with Crippen LogP contribution in [-0.4, -0.2) is 25.2 Å². The van der Waals surface area contributed by atoms with Crippen LogP contribution in [0.4, 0.5) is 5.82 Å². The lowest BCUT2D eigenvalue weighted by molar-refractivity contribution is -0.0506. The van der Waals surface area contributed by atoms with E-state index in [-0.39, 0.29) is 11.7 Å². The van der Waals surface area contributed by atoms with Crippen molar-refractivity contribution in [3.63, 3.8) is 0 Å². The average Bonchev–Trinajstić information content (AvgIpc) is 2.61. The fourth-order valence-electron chi connectivity index (χ4n) is 2.62. The highest BCUT2D eigenvalue weighted by molar-refractivity contribution is 14.1. The number of rotatable bonds is 2. The second kappa shape index (κ2) is 3.95. The van der Waals surface area contributed by atoms with Crippen LogP contribution in [0, 0.1) is 0 Å². The summed E-state index contributed by atoms with van der Waals surface area (Å²) in [6.45, 7) is 1.79. The second-order valence-electron chi connectivity index (χ2n) is 5.01. The van der Waals surface area contributed by atoms with E-state index < -0.39 is 5.60 Å². The molecule has 1 saturated carbocycles. The molecule has 18 heavy (non-hydrogen) atoms. The van der Waals surface area contributed by atoms with Crippen LogP contribution < -0.4 is 9.22 Å². The van der Waals surface area contributed by atoms with Gasteiger partial charge in [-0.15, -0.1) is 0 Å². The first-order valence-electron chi connectivity index (χ1n) is 5.70. The average molecular weight is 360 g/mol. The van der Waals surface area contributed by atoms with Crippen molar-refractivity contribution < 1.29 is 5.11 Å². The fraction of sp³-hybridized carbons (Fsp3) is 0.455. The number of hydrogen-bond donors (Lipinski definition) is 3. The predicted octanol–water partition coefficient (Wildman–Crippen LogP) is 1.57. The normalized spacial score (nSPS) is 27.2. The summed E-state index contributed by atoms with van der Waals surface area (Å²) < 4.78 is 4.64. The zero-order chi connectivity index (χ0) is 12.9. The number of anilines is 1. The number of nitrogens with one attached hydrogen (secondary N) is 2. The Morgan fingerprint density at radius 3 is 3.00 bits per heavy atom. The number of imidazole rings is 1. The Morgan fingerprint density at radius 1 is 1.67 bits per heavy atom. The van der Waals surface area contributed by atoms with E-state index in [1.165, 1.54) is 0 Å². The van der Waals surface area contributed by atoms with E-state index in [2.05, 4.69) is 13.5 Å². The number of pyridine rings is 1. The van der Waals surface area contributed by atoms with Gasteiger partial charge in [-0.2, -0.15) is 0 Å². The van der Waals surface area contributed by atoms with E-state index in [4.69, 9.17) is 0 Å². The Bertz CT molecular complexity index is 653. The van der Waals surface area contributed by atoms with E-state index in [0.29, 0.717) is 24.2 Å². The first kappa shape index (κ1) is 12.0. The van der Waals surface area contributed by atoms with Crippen LogP contribution in [0.5, 0.6) is 0 Å². The van der Waals surface area contributed by atoms with Gasteiger partial charge < -0.3 is 13.6 Å². The standard InChI is InChI=1S/C11H13IN4O2/c1-11(18)4-6(5-11)16-7-2-3-13-9(15-12)8(7)14-10(16)17/h2-3,6,18H,4-5H2,1H3,(H,13,15)(H,14,17). The molecule has 1 fully saturated rings. The van der Waals surface area contributed by atoms with Crippen molar-refractivity contribution in [2.45, 2.75) is 31.4 Å². The van der Waals surface area contributed by atoms with Crippen molar-refractivity contribution >= 4 is 39.7 Å². The molecule has 2 aromatic rings. The summed E-state index contributed by atoms with van der Waals surface area (Å²) in [7, 11) is 0. The number of hydrogen-bond acceptors (Lipinski definition) is 4. The highest BCUT2D eigenvalue weighted by Crippen LogP contribution is 2.41. The summed E-state index contributed by atoms with van der Waals surface area (Å²) in [6, 6.07) is 1.88. The molecular weight excluding hydrogens is 347 g/mol. The van der Waals surface area contributed by atoms with E-state index >= 15 is 0 Å². The molecule has 2 heterocycles. The Hall–Kier alpha value is -1.09. The summed E-state index contributed by atoms with van der Waals surface area (Å²) in [5, 5.41) is 9.79. The Labute approximate surface area is 117 Å². The molecule has 7 heteroatoms. The number of fused-ring (bicyclic) bond motifs is 1. The summed E-state index contributed by atoms with van der Waals surface area (Å²) in [4.78, 5) is 19.0. The third-order valence-corrected chi connectivity index (χ3v) is 3.96. The van der Waals surface area contributed by atoms with Gasteiger partial charge in [-0.25, -0.2) is 9.78 Å². The maximum Gasteiger partial charge on any atom is 0.326 e. The Kier molecular flexibility index (Phi) is 2.63. The van der Waals surface area contributed by atoms with Crippen LogP contribution in [0.3, 0.4) is 0 Å². The number of nitrogens with zero attached hydrogens (tertiary/aromatic N) is 2. The van der Waals surface area contributed by atoms with Crippen molar-refractivity contribution in [1.82, 2.24) is 14.5 Å². The van der Waals surface area contributed by atoms with Gasteiger partial charge in [0.05, 0.1) is 34.0 Å². The second-order valence-corrected chi connectivity index (χ2v) is 5.55. The lowest BCUT2D eigenvalue weighted by Crippen LogP contribution is -2.44. The van der Waals surface area contributed by atoms with Crippen LogP contribution in [-0.2, 0) is 0 Å². The maximum atomic E-state index is 12.0. The molecule has 0 spiro atoms. The number of aromatic nitrogens is 3. The van der Waals surface area contributed by atoms with Crippen molar-refractivity contribution in [3.05, 3.63) is 22.7 Å². The summed E-state index contributed by atoms with van der Waals surface area (Å²) in [5.74, 6) is 0.648. The minimum atomic E-state index is -0.648. The zero-order valence-electron chi connectivity index (χ0n) is 9.77. The van der Waals surface area contributed by atoms with Gasteiger partial charge in [-0.3, -0.25) is 4.57 Å². The monoisotopic (exact) mass is 360 g/mol. The smallest absolute Gasteiger partial charge is 0.326 e. The molecule has 3 N–H and O–H groups in total. The minimum absolute atomic E-state index is 0.0608. The zero-order valence-corrected chi connectivity index (χ0v) is 11.9. The van der Waals surface area contributed by atoms with E-state index in [1.54, 1.807) is 17.7 Å². The molecule has 96 valence electrons. The van der Waals surface area contributed by atoms with Crippen LogP contribution in [0.2, 0.25) is 0 Å². The molecule has 0 aromatic carbocycles. The molecule has 2 aromatic heterocycles. The number of H-pyrrole nitrogens is 1. The largest absolute Gasteiger partial charge is 0.390 e. The van der Waals surface area contributed by atoms with Crippen molar-refractivity contribution in [2.75, 3.05) is 3.53 Å². The molecule has 0 radical (unpaired) electrons. The van der Waals surface area contributed by atoms with Crippen LogP contribution >= 0.6 is 22.9 Å². The van der Waals surface area contributed by atoms with Crippen molar-refractivity contribution in [1.29, 1.82) is 0 Å². The van der Waals surface area contributed by atoms with E-state index in [1.807, 2.05) is 28.9 Å². The molecule has 1 aliphatic rings. The lowest BCUT2D eigenvalue weighted by atomic mass is 9.77. The molecule has 0 aliphatic heterocycles. The third-order valence-electron chi connectivity index (χ3n) is 3.44. The predicted molar refractivity (Wildman–Crippen MR) is 76.9 cm³/mol. The molecule has 0 amide bonds. The number of halogens is 1. The Balaban J connectivity index is 2.13. The SMILES string of the molecule is CC1(O)CC(n2c(=O)[nH]c3c(NI)nccc32)C1. The van der Waals surface area contributed by atoms with E-state index in [0.717, 1.165) is 5.52 Å². The highest BCUT2D eigenvalue weighted by atomic mass is 127. The maximum absolute atomic E-state index is 12.0. The molecule has 0 atom stereocenters.